The highest BCUT2D eigenvalue weighted by Crippen LogP contribution is 2.29. The average molecular weight is 369 g/mol. The Labute approximate surface area is 153 Å². The Bertz CT molecular complexity index is 982. The van der Waals surface area contributed by atoms with Crippen molar-refractivity contribution in [1.82, 2.24) is 0 Å². The lowest BCUT2D eigenvalue weighted by atomic mass is 10.0. The number of nitrogens with one attached hydrogen (secondary N) is 1. The number of alkyl halides is 3. The third-order valence-corrected chi connectivity index (χ3v) is 3.87. The largest absolute Gasteiger partial charge is 0.416 e. The quantitative estimate of drug-likeness (QED) is 0.644. The summed E-state index contributed by atoms with van der Waals surface area (Å²) >= 11 is 0. The first-order chi connectivity index (χ1) is 12.8. The summed E-state index contributed by atoms with van der Waals surface area (Å²) < 4.78 is 38.4. The van der Waals surface area contributed by atoms with Crippen LogP contribution >= 0.6 is 0 Å². The second-order valence-corrected chi connectivity index (χ2v) is 5.81. The van der Waals surface area contributed by atoms with Gasteiger partial charge in [0.1, 0.15) is 0 Å². The third kappa shape index (κ3) is 4.41. The van der Waals surface area contributed by atoms with E-state index in [1.165, 1.54) is 18.2 Å². The molecule has 0 aliphatic heterocycles. The molecule has 0 spiro atoms. The first-order valence-corrected chi connectivity index (χ1v) is 8.03. The minimum atomic E-state index is -4.53. The Kier molecular flexibility index (Phi) is 5.07. The second kappa shape index (κ2) is 7.45. The summed E-state index contributed by atoms with van der Waals surface area (Å²) in [6, 6.07) is 19.0. The molecule has 27 heavy (non-hydrogen) atoms. The van der Waals surface area contributed by atoms with Crippen LogP contribution in [0.2, 0.25) is 0 Å². The van der Waals surface area contributed by atoms with Crippen LogP contribution in [0, 0.1) is 0 Å². The van der Waals surface area contributed by atoms with Gasteiger partial charge < -0.3 is 5.32 Å². The van der Waals surface area contributed by atoms with Crippen molar-refractivity contribution in [2.75, 3.05) is 5.32 Å². The molecule has 0 heterocycles. The lowest BCUT2D eigenvalue weighted by molar-refractivity contribution is -0.137. The topological polar surface area (TPSA) is 46.2 Å². The number of benzene rings is 3. The van der Waals surface area contributed by atoms with Crippen molar-refractivity contribution in [3.05, 3.63) is 101 Å². The van der Waals surface area contributed by atoms with Crippen LogP contribution in [0.25, 0.3) is 0 Å². The zero-order chi connectivity index (χ0) is 19.4. The van der Waals surface area contributed by atoms with Gasteiger partial charge in [-0.25, -0.2) is 0 Å². The van der Waals surface area contributed by atoms with E-state index >= 15 is 0 Å². The molecule has 0 radical (unpaired) electrons. The number of carbonyl (C=O) groups excluding carboxylic acids is 2. The summed E-state index contributed by atoms with van der Waals surface area (Å²) in [5, 5.41) is 2.53. The Morgan fingerprint density at radius 3 is 2.04 bits per heavy atom. The van der Waals surface area contributed by atoms with Gasteiger partial charge in [0.2, 0.25) is 0 Å². The molecular formula is C21H14F3NO2. The first kappa shape index (κ1) is 18.4. The number of hydrogen-bond acceptors (Lipinski definition) is 2. The Morgan fingerprint density at radius 1 is 0.704 bits per heavy atom. The molecule has 0 atom stereocenters. The maximum absolute atomic E-state index is 12.8. The van der Waals surface area contributed by atoms with Crippen molar-refractivity contribution in [1.29, 1.82) is 0 Å². The van der Waals surface area contributed by atoms with Gasteiger partial charge in [0.25, 0.3) is 5.91 Å². The molecule has 0 aliphatic carbocycles. The van der Waals surface area contributed by atoms with Crippen LogP contribution in [0.3, 0.4) is 0 Å². The Balaban J connectivity index is 1.81. The van der Waals surface area contributed by atoms with Gasteiger partial charge in [0.15, 0.2) is 5.78 Å². The van der Waals surface area contributed by atoms with Gasteiger partial charge in [0.05, 0.1) is 5.56 Å². The summed E-state index contributed by atoms with van der Waals surface area (Å²) in [7, 11) is 0. The molecule has 0 fully saturated rings. The zero-order valence-electron chi connectivity index (χ0n) is 14.0. The van der Waals surface area contributed by atoms with E-state index < -0.39 is 17.6 Å². The van der Waals surface area contributed by atoms with Crippen molar-refractivity contribution in [2.24, 2.45) is 0 Å². The number of ketones is 1. The van der Waals surface area contributed by atoms with Gasteiger partial charge in [-0.2, -0.15) is 13.2 Å². The van der Waals surface area contributed by atoms with E-state index in [1.807, 2.05) is 0 Å². The molecule has 0 unspecified atom stereocenters. The van der Waals surface area contributed by atoms with Crippen LogP contribution in [0.4, 0.5) is 18.9 Å². The van der Waals surface area contributed by atoms with Crippen LogP contribution in [0.5, 0.6) is 0 Å². The van der Waals surface area contributed by atoms with E-state index in [9.17, 15) is 22.8 Å². The fourth-order valence-electron chi connectivity index (χ4n) is 2.53. The molecule has 0 saturated heterocycles. The fraction of sp³-hybridized carbons (Fsp3) is 0.0476. The predicted octanol–water partition coefficient (Wildman–Crippen LogP) is 5.19. The normalized spacial score (nSPS) is 11.1. The average Bonchev–Trinajstić information content (AvgIpc) is 2.68. The Hall–Kier alpha value is -3.41. The number of halogens is 3. The zero-order valence-corrected chi connectivity index (χ0v) is 14.0. The highest BCUT2D eigenvalue weighted by Gasteiger charge is 2.30. The van der Waals surface area contributed by atoms with Gasteiger partial charge in [-0.1, -0.05) is 48.5 Å². The van der Waals surface area contributed by atoms with E-state index in [1.54, 1.807) is 48.5 Å². The molecule has 0 bridgehead atoms. The Morgan fingerprint density at radius 2 is 1.33 bits per heavy atom. The molecule has 136 valence electrons. The van der Waals surface area contributed by atoms with Crippen LogP contribution in [0.1, 0.15) is 31.8 Å². The molecule has 3 rings (SSSR count). The smallest absolute Gasteiger partial charge is 0.322 e. The first-order valence-electron chi connectivity index (χ1n) is 8.03. The van der Waals surface area contributed by atoms with Crippen LogP contribution in [0.15, 0.2) is 78.9 Å². The SMILES string of the molecule is O=C(Nc1cccc(C(=O)c2ccccc2)c1)c1cccc(C(F)(F)F)c1. The van der Waals surface area contributed by atoms with E-state index in [2.05, 4.69) is 5.32 Å². The second-order valence-electron chi connectivity index (χ2n) is 5.81. The maximum atomic E-state index is 12.8. The number of hydrogen-bond donors (Lipinski definition) is 1. The summed E-state index contributed by atoms with van der Waals surface area (Å²) in [4.78, 5) is 24.8. The maximum Gasteiger partial charge on any atom is 0.416 e. The number of anilines is 1. The molecule has 1 N–H and O–H groups in total. The number of amides is 1. The van der Waals surface area contributed by atoms with E-state index in [4.69, 9.17) is 0 Å². The summed E-state index contributed by atoms with van der Waals surface area (Å²) in [6.07, 6.45) is -4.53. The van der Waals surface area contributed by atoms with Crippen LogP contribution < -0.4 is 5.32 Å². The molecular weight excluding hydrogens is 355 g/mol. The monoisotopic (exact) mass is 369 g/mol. The molecule has 6 heteroatoms. The van der Waals surface area contributed by atoms with Crippen LogP contribution in [-0.2, 0) is 6.18 Å². The molecule has 0 aromatic heterocycles. The van der Waals surface area contributed by atoms with Crippen molar-refractivity contribution < 1.29 is 22.8 Å². The highest BCUT2D eigenvalue weighted by atomic mass is 19.4. The van der Waals surface area contributed by atoms with E-state index in [0.717, 1.165) is 12.1 Å². The minimum absolute atomic E-state index is 0.121. The van der Waals surface area contributed by atoms with E-state index in [-0.39, 0.29) is 11.3 Å². The highest BCUT2D eigenvalue weighted by molar-refractivity contribution is 6.10. The molecule has 1 amide bonds. The minimum Gasteiger partial charge on any atom is -0.322 e. The van der Waals surface area contributed by atoms with Crippen molar-refractivity contribution >= 4 is 17.4 Å². The number of carbonyl (C=O) groups is 2. The van der Waals surface area contributed by atoms with Gasteiger partial charge in [-0.05, 0) is 30.3 Å². The molecule has 0 saturated carbocycles. The molecule has 3 aromatic carbocycles. The van der Waals surface area contributed by atoms with Crippen molar-refractivity contribution in [3.63, 3.8) is 0 Å². The molecule has 0 aliphatic rings. The summed E-state index contributed by atoms with van der Waals surface area (Å²) in [5.74, 6) is -0.906. The van der Waals surface area contributed by atoms with Crippen molar-refractivity contribution in [3.8, 4) is 0 Å². The lowest BCUT2D eigenvalue weighted by Crippen LogP contribution is -2.14. The van der Waals surface area contributed by atoms with Gasteiger partial charge >= 0.3 is 6.18 Å². The summed E-state index contributed by atoms with van der Waals surface area (Å²) in [5.41, 5.74) is 0.161. The fourth-order valence-corrected chi connectivity index (χ4v) is 2.53. The van der Waals surface area contributed by atoms with Crippen molar-refractivity contribution in [2.45, 2.75) is 6.18 Å². The third-order valence-electron chi connectivity index (χ3n) is 3.87. The van der Waals surface area contributed by atoms with Gasteiger partial charge in [-0.15, -0.1) is 0 Å². The van der Waals surface area contributed by atoms with Gasteiger partial charge in [0, 0.05) is 22.4 Å². The predicted molar refractivity (Wildman–Crippen MR) is 95.7 cm³/mol. The summed E-state index contributed by atoms with van der Waals surface area (Å²) in [6.45, 7) is 0. The number of rotatable bonds is 4. The standard InChI is InChI=1S/C21H14F3NO2/c22-21(23,24)17-10-4-9-16(12-17)20(27)25-18-11-5-8-15(13-18)19(26)14-6-2-1-3-7-14/h1-13H,(H,25,27). The van der Waals surface area contributed by atoms with E-state index in [0.29, 0.717) is 16.8 Å². The molecule has 3 nitrogen and oxygen atoms in total. The lowest BCUT2D eigenvalue weighted by Gasteiger charge is -2.10. The van der Waals surface area contributed by atoms with Gasteiger partial charge in [-0.3, -0.25) is 9.59 Å². The van der Waals surface area contributed by atoms with Crippen LogP contribution in [-0.4, -0.2) is 11.7 Å². The molecule has 3 aromatic rings.